The van der Waals surface area contributed by atoms with Crippen molar-refractivity contribution in [2.75, 3.05) is 0 Å². The molecule has 0 spiro atoms. The predicted molar refractivity (Wildman–Crippen MR) is 30.5 cm³/mol. The van der Waals surface area contributed by atoms with E-state index < -0.39 is 11.6 Å². The molecule has 0 aromatic heterocycles. The highest BCUT2D eigenvalue weighted by atomic mass is 32.2. The van der Waals surface area contributed by atoms with Crippen LogP contribution in [0.1, 0.15) is 0 Å². The lowest BCUT2D eigenvalue weighted by atomic mass is 10.3. The second-order valence-corrected chi connectivity index (χ2v) is 2.84. The van der Waals surface area contributed by atoms with Gasteiger partial charge in [-0.3, -0.25) is 0 Å². The molecule has 2 rings (SSSR count). The predicted octanol–water partition coefficient (Wildman–Crippen LogP) is 2.43. The molecule has 46 valence electrons. The Hall–Kier alpha value is -0.570. The van der Waals surface area contributed by atoms with Crippen molar-refractivity contribution in [1.29, 1.82) is 0 Å². The van der Waals surface area contributed by atoms with Crippen molar-refractivity contribution >= 4 is 11.8 Å². The fraction of sp³-hybridized carbons (Fsp3) is 0. The summed E-state index contributed by atoms with van der Waals surface area (Å²) in [7, 11) is 0. The Bertz CT molecular complexity index is 266. The van der Waals surface area contributed by atoms with E-state index >= 15 is 0 Å². The third kappa shape index (κ3) is 0.645. The van der Waals surface area contributed by atoms with Crippen LogP contribution in [-0.4, -0.2) is 0 Å². The van der Waals surface area contributed by atoms with Gasteiger partial charge in [0.15, 0.2) is 11.6 Å². The van der Waals surface area contributed by atoms with Gasteiger partial charge in [-0.2, -0.15) is 0 Å². The topological polar surface area (TPSA) is 0 Å². The highest BCUT2D eigenvalue weighted by Crippen LogP contribution is 2.50. The van der Waals surface area contributed by atoms with Gasteiger partial charge in [0.05, 0.1) is 4.90 Å². The van der Waals surface area contributed by atoms with E-state index in [1.165, 1.54) is 11.8 Å². The van der Waals surface area contributed by atoms with Gasteiger partial charge in [0.2, 0.25) is 0 Å². The van der Waals surface area contributed by atoms with Crippen molar-refractivity contribution in [2.24, 2.45) is 0 Å². The first-order valence-electron chi connectivity index (χ1n) is 2.45. The molecule has 0 saturated heterocycles. The first-order valence-corrected chi connectivity index (χ1v) is 3.26. The van der Waals surface area contributed by atoms with Gasteiger partial charge >= 0.3 is 0 Å². The molecule has 1 heterocycles. The SMILES string of the molecule is Fc1ccc2c(c1F)S2. The molecule has 1 aliphatic heterocycles. The van der Waals surface area contributed by atoms with Crippen LogP contribution >= 0.6 is 11.8 Å². The number of benzene rings is 1. The number of fused-ring (bicyclic) bond motifs is 1. The van der Waals surface area contributed by atoms with Gasteiger partial charge < -0.3 is 0 Å². The summed E-state index contributed by atoms with van der Waals surface area (Å²) in [6.45, 7) is 0. The smallest absolute Gasteiger partial charge is 0.173 e. The van der Waals surface area contributed by atoms with Crippen LogP contribution in [0.5, 0.6) is 0 Å². The van der Waals surface area contributed by atoms with Crippen molar-refractivity contribution in [2.45, 2.75) is 9.79 Å². The van der Waals surface area contributed by atoms with Crippen LogP contribution < -0.4 is 0 Å². The Morgan fingerprint density at radius 1 is 1.22 bits per heavy atom. The third-order valence-electron chi connectivity index (χ3n) is 1.18. The molecule has 0 aliphatic carbocycles. The van der Waals surface area contributed by atoms with Gasteiger partial charge in [-0.05, 0) is 12.1 Å². The molecule has 0 radical (unpaired) electrons. The number of halogens is 2. The summed E-state index contributed by atoms with van der Waals surface area (Å²) in [5.41, 5.74) is 0. The van der Waals surface area contributed by atoms with E-state index in [0.29, 0.717) is 4.90 Å². The summed E-state index contributed by atoms with van der Waals surface area (Å²) < 4.78 is 24.6. The van der Waals surface area contributed by atoms with Crippen molar-refractivity contribution in [3.05, 3.63) is 23.8 Å². The Labute approximate surface area is 54.9 Å². The molecule has 0 atom stereocenters. The summed E-state index contributed by atoms with van der Waals surface area (Å²) in [6, 6.07) is 2.73. The molecule has 0 N–H and O–H groups in total. The molecule has 0 nitrogen and oxygen atoms in total. The Morgan fingerprint density at radius 2 is 2.00 bits per heavy atom. The third-order valence-corrected chi connectivity index (χ3v) is 2.14. The van der Waals surface area contributed by atoms with Crippen molar-refractivity contribution < 1.29 is 8.78 Å². The van der Waals surface area contributed by atoms with E-state index in [9.17, 15) is 8.78 Å². The molecular weight excluding hydrogens is 142 g/mol. The zero-order valence-electron chi connectivity index (χ0n) is 4.32. The van der Waals surface area contributed by atoms with Crippen molar-refractivity contribution in [3.63, 3.8) is 0 Å². The van der Waals surface area contributed by atoms with Gasteiger partial charge in [0.1, 0.15) is 0 Å². The lowest BCUT2D eigenvalue weighted by Gasteiger charge is -1.83. The molecule has 1 aromatic rings. The fourth-order valence-electron chi connectivity index (χ4n) is 0.678. The molecule has 0 unspecified atom stereocenters. The van der Waals surface area contributed by atoms with Crippen LogP contribution in [-0.2, 0) is 0 Å². The Kier molecular flexibility index (Phi) is 0.858. The molecule has 9 heavy (non-hydrogen) atoms. The highest BCUT2D eigenvalue weighted by Gasteiger charge is 2.25. The fourth-order valence-corrected chi connectivity index (χ4v) is 1.33. The van der Waals surface area contributed by atoms with Gasteiger partial charge in [0.25, 0.3) is 0 Å². The van der Waals surface area contributed by atoms with E-state index in [1.54, 1.807) is 6.07 Å². The van der Waals surface area contributed by atoms with E-state index in [0.717, 1.165) is 11.0 Å². The van der Waals surface area contributed by atoms with Crippen LogP contribution in [0, 0.1) is 11.6 Å². The second-order valence-electron chi connectivity index (χ2n) is 1.79. The summed E-state index contributed by atoms with van der Waals surface area (Å²) in [5, 5.41) is 0. The van der Waals surface area contributed by atoms with E-state index in [1.807, 2.05) is 0 Å². The normalized spacial score (nSPS) is 13.1. The van der Waals surface area contributed by atoms with Crippen LogP contribution in [0.4, 0.5) is 8.78 Å². The minimum absolute atomic E-state index is 0.468. The second kappa shape index (κ2) is 1.48. The monoisotopic (exact) mass is 144 g/mol. The maximum absolute atomic E-state index is 12.4. The molecular formula is C6H2F2S. The molecule has 1 aromatic carbocycles. The lowest BCUT2D eigenvalue weighted by molar-refractivity contribution is 0.491. The van der Waals surface area contributed by atoms with Crippen LogP contribution in [0.3, 0.4) is 0 Å². The van der Waals surface area contributed by atoms with E-state index in [4.69, 9.17) is 0 Å². The van der Waals surface area contributed by atoms with Gasteiger partial charge in [-0.1, -0.05) is 11.8 Å². The number of hydrogen-bond donors (Lipinski definition) is 0. The van der Waals surface area contributed by atoms with Crippen LogP contribution in [0.25, 0.3) is 0 Å². The first-order chi connectivity index (χ1) is 4.29. The van der Waals surface area contributed by atoms with Gasteiger partial charge in [-0.15, -0.1) is 0 Å². The Morgan fingerprint density at radius 3 is 2.67 bits per heavy atom. The van der Waals surface area contributed by atoms with E-state index in [2.05, 4.69) is 0 Å². The molecule has 0 amide bonds. The highest BCUT2D eigenvalue weighted by molar-refractivity contribution is 8.05. The summed E-state index contributed by atoms with van der Waals surface area (Å²) in [4.78, 5) is 1.32. The van der Waals surface area contributed by atoms with E-state index in [-0.39, 0.29) is 0 Å². The minimum atomic E-state index is -0.751. The average Bonchev–Trinajstić information content (AvgIpc) is 2.58. The maximum Gasteiger partial charge on any atom is 0.173 e. The summed E-state index contributed by atoms with van der Waals surface area (Å²) in [5.74, 6) is -1.45. The van der Waals surface area contributed by atoms with Gasteiger partial charge in [0, 0.05) is 4.90 Å². The summed E-state index contributed by atoms with van der Waals surface area (Å²) >= 11 is 1.28. The molecule has 1 aliphatic rings. The zero-order chi connectivity index (χ0) is 6.43. The number of rotatable bonds is 0. The maximum atomic E-state index is 12.4. The van der Waals surface area contributed by atoms with Crippen molar-refractivity contribution in [1.82, 2.24) is 0 Å². The molecule has 0 bridgehead atoms. The molecule has 3 heteroatoms. The standard InChI is InChI=1S/C6H2F2S/c7-3-1-2-4-6(9-4)5(3)8/h1-2H. The first kappa shape index (κ1) is 5.23. The minimum Gasteiger partial charge on any atom is -0.204 e. The van der Waals surface area contributed by atoms with Crippen molar-refractivity contribution in [3.8, 4) is 0 Å². The number of hydrogen-bond acceptors (Lipinski definition) is 1. The summed E-state index contributed by atoms with van der Waals surface area (Å²) in [6.07, 6.45) is 0. The molecule has 0 fully saturated rings. The van der Waals surface area contributed by atoms with Crippen LogP contribution in [0.15, 0.2) is 21.9 Å². The van der Waals surface area contributed by atoms with Gasteiger partial charge in [-0.25, -0.2) is 8.78 Å². The lowest BCUT2D eigenvalue weighted by Crippen LogP contribution is -1.77. The Balaban J connectivity index is 2.70. The quantitative estimate of drug-likeness (QED) is 0.512. The average molecular weight is 144 g/mol. The zero-order valence-corrected chi connectivity index (χ0v) is 5.14. The van der Waals surface area contributed by atoms with Crippen LogP contribution in [0.2, 0.25) is 0 Å². The largest absolute Gasteiger partial charge is 0.204 e. The molecule has 0 saturated carbocycles.